The topological polar surface area (TPSA) is 87.1 Å². The molecule has 1 heterocycles. The molecular formula is C18H14F2N4O2. The van der Waals surface area contributed by atoms with Crippen molar-refractivity contribution < 1.29 is 18.7 Å². The van der Waals surface area contributed by atoms with E-state index in [9.17, 15) is 18.7 Å². The quantitative estimate of drug-likeness (QED) is 0.634. The summed E-state index contributed by atoms with van der Waals surface area (Å²) in [4.78, 5) is 19.7. The van der Waals surface area contributed by atoms with E-state index < -0.39 is 17.6 Å². The van der Waals surface area contributed by atoms with Crippen LogP contribution in [0.15, 0.2) is 48.5 Å². The third kappa shape index (κ3) is 3.92. The SMILES string of the molecule is Cc1nc(Nc2ccc(F)c(F)c2)cc(Nc2ccccc2C(=O)O)n1. The van der Waals surface area contributed by atoms with Crippen LogP contribution in [0, 0.1) is 18.6 Å². The van der Waals surface area contributed by atoms with E-state index in [1.165, 1.54) is 18.2 Å². The molecule has 26 heavy (non-hydrogen) atoms. The third-order valence-electron chi connectivity index (χ3n) is 3.45. The molecule has 1 aromatic heterocycles. The highest BCUT2D eigenvalue weighted by Gasteiger charge is 2.11. The summed E-state index contributed by atoms with van der Waals surface area (Å²) < 4.78 is 26.4. The number of para-hydroxylation sites is 1. The van der Waals surface area contributed by atoms with Crippen molar-refractivity contribution in [2.24, 2.45) is 0 Å². The van der Waals surface area contributed by atoms with E-state index >= 15 is 0 Å². The summed E-state index contributed by atoms with van der Waals surface area (Å²) in [6, 6.07) is 11.3. The molecule has 0 spiro atoms. The highest BCUT2D eigenvalue weighted by molar-refractivity contribution is 5.95. The van der Waals surface area contributed by atoms with Crippen molar-refractivity contribution in [2.75, 3.05) is 10.6 Å². The monoisotopic (exact) mass is 356 g/mol. The maximum absolute atomic E-state index is 13.3. The molecule has 132 valence electrons. The van der Waals surface area contributed by atoms with Crippen LogP contribution in [-0.2, 0) is 0 Å². The fourth-order valence-corrected chi connectivity index (χ4v) is 2.33. The van der Waals surface area contributed by atoms with Crippen LogP contribution in [0.5, 0.6) is 0 Å². The molecule has 0 fully saturated rings. The molecule has 0 atom stereocenters. The van der Waals surface area contributed by atoms with Crippen molar-refractivity contribution >= 4 is 29.0 Å². The van der Waals surface area contributed by atoms with Crippen LogP contribution in [0.4, 0.5) is 31.8 Å². The first-order chi connectivity index (χ1) is 12.4. The molecular weight excluding hydrogens is 342 g/mol. The van der Waals surface area contributed by atoms with Gasteiger partial charge in [-0.05, 0) is 31.2 Å². The van der Waals surface area contributed by atoms with Gasteiger partial charge in [0, 0.05) is 17.8 Å². The maximum Gasteiger partial charge on any atom is 0.337 e. The highest BCUT2D eigenvalue weighted by atomic mass is 19.2. The number of halogens is 2. The second-order valence-corrected chi connectivity index (χ2v) is 5.42. The Morgan fingerprint density at radius 1 is 0.962 bits per heavy atom. The van der Waals surface area contributed by atoms with Gasteiger partial charge in [0.05, 0.1) is 11.3 Å². The maximum atomic E-state index is 13.3. The predicted octanol–water partition coefficient (Wildman–Crippen LogP) is 4.25. The first kappa shape index (κ1) is 17.3. The minimum absolute atomic E-state index is 0.0962. The summed E-state index contributed by atoms with van der Waals surface area (Å²) in [5.41, 5.74) is 0.787. The van der Waals surface area contributed by atoms with Gasteiger partial charge in [0.1, 0.15) is 17.5 Å². The van der Waals surface area contributed by atoms with Crippen molar-refractivity contribution in [1.82, 2.24) is 9.97 Å². The number of aromatic nitrogens is 2. The van der Waals surface area contributed by atoms with Gasteiger partial charge >= 0.3 is 5.97 Å². The summed E-state index contributed by atoms with van der Waals surface area (Å²) in [7, 11) is 0. The zero-order chi connectivity index (χ0) is 18.7. The second kappa shape index (κ2) is 7.14. The third-order valence-corrected chi connectivity index (χ3v) is 3.45. The lowest BCUT2D eigenvalue weighted by Crippen LogP contribution is -2.05. The molecule has 0 radical (unpaired) electrons. The lowest BCUT2D eigenvalue weighted by atomic mass is 10.2. The van der Waals surface area contributed by atoms with E-state index in [0.29, 0.717) is 28.8 Å². The van der Waals surface area contributed by atoms with Gasteiger partial charge in [-0.15, -0.1) is 0 Å². The molecule has 3 N–H and O–H groups in total. The average Bonchev–Trinajstić information content (AvgIpc) is 2.58. The Balaban J connectivity index is 1.88. The number of aryl methyl sites for hydroxylation is 1. The lowest BCUT2D eigenvalue weighted by molar-refractivity contribution is 0.0698. The molecule has 0 amide bonds. The number of benzene rings is 2. The van der Waals surface area contributed by atoms with Crippen molar-refractivity contribution in [3.63, 3.8) is 0 Å². The Kier molecular flexibility index (Phi) is 4.74. The van der Waals surface area contributed by atoms with Gasteiger partial charge in [-0.2, -0.15) is 0 Å². The highest BCUT2D eigenvalue weighted by Crippen LogP contribution is 2.23. The number of rotatable bonds is 5. The molecule has 3 aromatic rings. The molecule has 6 nitrogen and oxygen atoms in total. The number of anilines is 4. The summed E-state index contributed by atoms with van der Waals surface area (Å²) in [5, 5.41) is 15.0. The summed E-state index contributed by atoms with van der Waals surface area (Å²) >= 11 is 0. The van der Waals surface area contributed by atoms with Crippen LogP contribution in [-0.4, -0.2) is 21.0 Å². The smallest absolute Gasteiger partial charge is 0.337 e. The van der Waals surface area contributed by atoms with Gasteiger partial charge in [0.25, 0.3) is 0 Å². The van der Waals surface area contributed by atoms with Crippen LogP contribution in [0.3, 0.4) is 0 Å². The minimum Gasteiger partial charge on any atom is -0.478 e. The van der Waals surface area contributed by atoms with E-state index in [2.05, 4.69) is 20.6 Å². The number of carboxylic acid groups (broad SMARTS) is 1. The number of nitrogens with zero attached hydrogens (tertiary/aromatic N) is 2. The zero-order valence-electron chi connectivity index (χ0n) is 13.6. The molecule has 2 aromatic carbocycles. The molecule has 0 saturated carbocycles. The Hall–Kier alpha value is -3.55. The standard InChI is InChI=1S/C18H14F2N4O2/c1-10-21-16(23-11-6-7-13(19)14(20)8-11)9-17(22-10)24-15-5-3-2-4-12(15)18(25)26/h2-9H,1H3,(H,25,26)(H2,21,22,23,24). The molecule has 8 heteroatoms. The van der Waals surface area contributed by atoms with E-state index in [1.54, 1.807) is 25.1 Å². The van der Waals surface area contributed by atoms with Gasteiger partial charge in [-0.25, -0.2) is 23.5 Å². The number of carbonyl (C=O) groups is 1. The van der Waals surface area contributed by atoms with Gasteiger partial charge in [0.15, 0.2) is 11.6 Å². The number of nitrogens with one attached hydrogen (secondary N) is 2. The number of aromatic carboxylic acids is 1. The van der Waals surface area contributed by atoms with Crippen LogP contribution >= 0.6 is 0 Å². The van der Waals surface area contributed by atoms with Crippen molar-refractivity contribution in [2.45, 2.75) is 6.92 Å². The fraction of sp³-hybridized carbons (Fsp3) is 0.0556. The van der Waals surface area contributed by atoms with E-state index in [1.807, 2.05) is 0 Å². The summed E-state index contributed by atoms with van der Waals surface area (Å²) in [6.07, 6.45) is 0. The van der Waals surface area contributed by atoms with E-state index in [4.69, 9.17) is 0 Å². The molecule has 0 aliphatic carbocycles. The van der Waals surface area contributed by atoms with Crippen molar-refractivity contribution in [3.05, 3.63) is 71.6 Å². The number of hydrogen-bond acceptors (Lipinski definition) is 5. The van der Waals surface area contributed by atoms with Gasteiger partial charge < -0.3 is 15.7 Å². The summed E-state index contributed by atoms with van der Waals surface area (Å²) in [5.74, 6) is -1.88. The Labute approximate surface area is 147 Å². The van der Waals surface area contributed by atoms with Crippen LogP contribution in [0.2, 0.25) is 0 Å². The first-order valence-electron chi connectivity index (χ1n) is 7.59. The molecule has 0 aliphatic heterocycles. The van der Waals surface area contributed by atoms with Crippen molar-refractivity contribution in [3.8, 4) is 0 Å². The van der Waals surface area contributed by atoms with E-state index in [0.717, 1.165) is 12.1 Å². The van der Waals surface area contributed by atoms with Crippen LogP contribution in [0.25, 0.3) is 0 Å². The Morgan fingerprint density at radius 3 is 2.35 bits per heavy atom. The largest absolute Gasteiger partial charge is 0.478 e. The van der Waals surface area contributed by atoms with Gasteiger partial charge in [-0.1, -0.05) is 12.1 Å². The average molecular weight is 356 g/mol. The molecule has 0 unspecified atom stereocenters. The Morgan fingerprint density at radius 2 is 1.65 bits per heavy atom. The normalized spacial score (nSPS) is 10.4. The lowest BCUT2D eigenvalue weighted by Gasteiger charge is -2.12. The second-order valence-electron chi connectivity index (χ2n) is 5.42. The molecule has 0 bridgehead atoms. The molecule has 3 rings (SSSR count). The fourth-order valence-electron chi connectivity index (χ4n) is 2.33. The zero-order valence-corrected chi connectivity index (χ0v) is 13.6. The summed E-state index contributed by atoms with van der Waals surface area (Å²) in [6.45, 7) is 1.66. The van der Waals surface area contributed by atoms with Crippen LogP contribution in [0.1, 0.15) is 16.2 Å². The number of carboxylic acids is 1. The Bertz CT molecular complexity index is 979. The predicted molar refractivity (Wildman–Crippen MR) is 93.1 cm³/mol. The molecule has 0 saturated heterocycles. The van der Waals surface area contributed by atoms with E-state index in [-0.39, 0.29) is 5.56 Å². The van der Waals surface area contributed by atoms with Crippen LogP contribution < -0.4 is 10.6 Å². The van der Waals surface area contributed by atoms with Crippen molar-refractivity contribution in [1.29, 1.82) is 0 Å². The van der Waals surface area contributed by atoms with Gasteiger partial charge in [0.2, 0.25) is 0 Å². The minimum atomic E-state index is -1.07. The first-order valence-corrected chi connectivity index (χ1v) is 7.59. The van der Waals surface area contributed by atoms with Gasteiger partial charge in [-0.3, -0.25) is 0 Å². The number of hydrogen-bond donors (Lipinski definition) is 3. The molecule has 0 aliphatic rings.